The van der Waals surface area contributed by atoms with Crippen LogP contribution in [0.1, 0.15) is 22.8 Å². The maximum absolute atomic E-state index is 11.1. The van der Waals surface area contributed by atoms with Gasteiger partial charge in [-0.2, -0.15) is 0 Å². The first-order valence-corrected chi connectivity index (χ1v) is 6.63. The predicted molar refractivity (Wildman–Crippen MR) is 79.4 cm³/mol. The van der Waals surface area contributed by atoms with E-state index in [1.165, 1.54) is 18.2 Å². The summed E-state index contributed by atoms with van der Waals surface area (Å²) < 4.78 is 5.52. The zero-order chi connectivity index (χ0) is 15.4. The van der Waals surface area contributed by atoms with Crippen molar-refractivity contribution in [2.45, 2.75) is 13.3 Å². The first kappa shape index (κ1) is 15.0. The van der Waals surface area contributed by atoms with Crippen molar-refractivity contribution in [2.75, 3.05) is 0 Å². The zero-order valence-electron chi connectivity index (χ0n) is 11.2. The topological polar surface area (TPSA) is 69.4 Å². The molecule has 0 spiro atoms. The second-order valence-electron chi connectivity index (χ2n) is 4.28. The molecular weight excluding hydrogens is 294 g/mol. The number of halogens is 1. The van der Waals surface area contributed by atoms with E-state index in [0.717, 1.165) is 5.56 Å². The maximum Gasteiger partial charge on any atom is 0.311 e. The van der Waals surface area contributed by atoms with Gasteiger partial charge in [0.2, 0.25) is 5.75 Å². The molecule has 0 unspecified atom stereocenters. The fraction of sp³-hybridized carbons (Fsp3) is 0.133. The molecule has 0 saturated carbocycles. The van der Waals surface area contributed by atoms with Crippen molar-refractivity contribution in [1.29, 1.82) is 0 Å². The number of carbonyl (C=O) groups excluding carboxylic acids is 1. The molecule has 2 aromatic rings. The molecule has 2 rings (SSSR count). The van der Waals surface area contributed by atoms with Crippen molar-refractivity contribution in [3.05, 3.63) is 62.7 Å². The Labute approximate surface area is 126 Å². The lowest BCUT2D eigenvalue weighted by Crippen LogP contribution is -1.97. The smallest absolute Gasteiger partial charge is 0.311 e. The number of nitro groups is 1. The Morgan fingerprint density at radius 2 is 2.05 bits per heavy atom. The standard InChI is InChI=1S/C15H12ClNO4/c1-2-10-6-7-15(13(8-10)17(19)20)21-14-5-3-4-12(16)11(14)9-18/h3-9H,2H2,1H3. The van der Waals surface area contributed by atoms with Gasteiger partial charge in [0.15, 0.2) is 6.29 Å². The molecule has 0 fully saturated rings. The number of benzene rings is 2. The van der Waals surface area contributed by atoms with Crippen LogP contribution in [0.15, 0.2) is 36.4 Å². The highest BCUT2D eigenvalue weighted by atomic mass is 35.5. The first-order chi connectivity index (χ1) is 10.1. The van der Waals surface area contributed by atoms with E-state index in [1.807, 2.05) is 6.92 Å². The van der Waals surface area contributed by atoms with Crippen LogP contribution in [0, 0.1) is 10.1 Å². The SMILES string of the molecule is CCc1ccc(Oc2cccc(Cl)c2C=O)c([N+](=O)[O-])c1. The Kier molecular flexibility index (Phi) is 4.55. The second-order valence-corrected chi connectivity index (χ2v) is 4.69. The Bertz CT molecular complexity index is 700. The van der Waals surface area contributed by atoms with Crippen LogP contribution < -0.4 is 4.74 Å². The summed E-state index contributed by atoms with van der Waals surface area (Å²) in [5.74, 6) is 0.257. The van der Waals surface area contributed by atoms with Crippen molar-refractivity contribution in [2.24, 2.45) is 0 Å². The van der Waals surface area contributed by atoms with Crippen molar-refractivity contribution < 1.29 is 14.5 Å². The number of nitro benzene ring substituents is 1. The molecule has 0 aromatic heterocycles. The van der Waals surface area contributed by atoms with Gasteiger partial charge in [-0.3, -0.25) is 14.9 Å². The molecule has 0 saturated heterocycles. The Morgan fingerprint density at radius 3 is 2.67 bits per heavy atom. The zero-order valence-corrected chi connectivity index (χ0v) is 12.0. The highest BCUT2D eigenvalue weighted by molar-refractivity contribution is 6.33. The van der Waals surface area contributed by atoms with Crippen LogP contribution in [0.4, 0.5) is 5.69 Å². The fourth-order valence-corrected chi connectivity index (χ4v) is 2.06. The van der Waals surface area contributed by atoms with Crippen LogP contribution in [0.25, 0.3) is 0 Å². The van der Waals surface area contributed by atoms with E-state index in [2.05, 4.69) is 0 Å². The normalized spacial score (nSPS) is 10.2. The molecule has 5 nitrogen and oxygen atoms in total. The van der Waals surface area contributed by atoms with Gasteiger partial charge in [-0.05, 0) is 30.2 Å². The monoisotopic (exact) mass is 305 g/mol. The van der Waals surface area contributed by atoms with Gasteiger partial charge in [0.25, 0.3) is 0 Å². The van der Waals surface area contributed by atoms with Crippen molar-refractivity contribution in [1.82, 2.24) is 0 Å². The molecule has 0 radical (unpaired) electrons. The lowest BCUT2D eigenvalue weighted by Gasteiger charge is -2.10. The predicted octanol–water partition coefficient (Wildman–Crippen LogP) is 4.42. The van der Waals surface area contributed by atoms with Gasteiger partial charge in [0.1, 0.15) is 5.75 Å². The minimum Gasteiger partial charge on any atom is -0.449 e. The van der Waals surface area contributed by atoms with E-state index in [4.69, 9.17) is 16.3 Å². The number of nitrogens with zero attached hydrogens (tertiary/aromatic N) is 1. The molecule has 0 aliphatic rings. The molecule has 0 heterocycles. The summed E-state index contributed by atoms with van der Waals surface area (Å²) in [5, 5.41) is 11.4. The summed E-state index contributed by atoms with van der Waals surface area (Å²) in [4.78, 5) is 21.7. The molecule has 0 bridgehead atoms. The third-order valence-electron chi connectivity index (χ3n) is 2.98. The summed E-state index contributed by atoms with van der Waals surface area (Å²) in [7, 11) is 0. The molecule has 0 N–H and O–H groups in total. The third kappa shape index (κ3) is 3.20. The molecule has 21 heavy (non-hydrogen) atoms. The van der Waals surface area contributed by atoms with Crippen molar-refractivity contribution in [3.63, 3.8) is 0 Å². The Morgan fingerprint density at radius 1 is 1.29 bits per heavy atom. The minimum atomic E-state index is -0.514. The molecular formula is C15H12ClNO4. The highest BCUT2D eigenvalue weighted by Crippen LogP contribution is 2.35. The van der Waals surface area contributed by atoms with Gasteiger partial charge >= 0.3 is 5.69 Å². The Balaban J connectivity index is 2.47. The molecule has 0 aliphatic heterocycles. The van der Waals surface area contributed by atoms with Crippen LogP contribution in [-0.2, 0) is 6.42 Å². The number of aryl methyl sites for hydroxylation is 1. The second kappa shape index (κ2) is 6.37. The summed E-state index contributed by atoms with van der Waals surface area (Å²) in [6, 6.07) is 9.41. The van der Waals surface area contributed by atoms with Crippen LogP contribution in [-0.4, -0.2) is 11.2 Å². The molecule has 0 aliphatic carbocycles. The van der Waals surface area contributed by atoms with Crippen LogP contribution in [0.5, 0.6) is 11.5 Å². The summed E-state index contributed by atoms with van der Waals surface area (Å²) >= 11 is 5.90. The molecule has 0 amide bonds. The van der Waals surface area contributed by atoms with E-state index in [9.17, 15) is 14.9 Å². The van der Waals surface area contributed by atoms with Gasteiger partial charge in [0, 0.05) is 6.07 Å². The van der Waals surface area contributed by atoms with Crippen LogP contribution in [0.2, 0.25) is 5.02 Å². The van der Waals surface area contributed by atoms with E-state index >= 15 is 0 Å². The quantitative estimate of drug-likeness (QED) is 0.466. The van der Waals surface area contributed by atoms with E-state index in [1.54, 1.807) is 18.2 Å². The van der Waals surface area contributed by atoms with Crippen molar-refractivity contribution >= 4 is 23.6 Å². The average molecular weight is 306 g/mol. The van der Waals surface area contributed by atoms with Gasteiger partial charge < -0.3 is 4.74 Å². The average Bonchev–Trinajstić information content (AvgIpc) is 2.47. The van der Waals surface area contributed by atoms with Gasteiger partial charge in [-0.1, -0.05) is 30.7 Å². The maximum atomic E-state index is 11.1. The van der Waals surface area contributed by atoms with Gasteiger partial charge in [0.05, 0.1) is 15.5 Å². The molecule has 108 valence electrons. The lowest BCUT2D eigenvalue weighted by molar-refractivity contribution is -0.385. The summed E-state index contributed by atoms with van der Waals surface area (Å²) in [6.45, 7) is 1.90. The Hall–Kier alpha value is -2.40. The minimum absolute atomic E-state index is 0.0718. The van der Waals surface area contributed by atoms with E-state index in [0.29, 0.717) is 12.7 Å². The van der Waals surface area contributed by atoms with Gasteiger partial charge in [-0.15, -0.1) is 0 Å². The number of hydrogen-bond acceptors (Lipinski definition) is 4. The number of rotatable bonds is 5. The fourth-order valence-electron chi connectivity index (χ4n) is 1.85. The number of aldehydes is 1. The number of hydrogen-bond donors (Lipinski definition) is 0. The lowest BCUT2D eigenvalue weighted by atomic mass is 10.1. The van der Waals surface area contributed by atoms with E-state index < -0.39 is 4.92 Å². The highest BCUT2D eigenvalue weighted by Gasteiger charge is 2.18. The first-order valence-electron chi connectivity index (χ1n) is 6.25. The summed E-state index contributed by atoms with van der Waals surface area (Å²) in [5.41, 5.74) is 0.843. The van der Waals surface area contributed by atoms with Gasteiger partial charge in [-0.25, -0.2) is 0 Å². The molecule has 2 aromatic carbocycles. The molecule has 6 heteroatoms. The number of carbonyl (C=O) groups is 1. The van der Waals surface area contributed by atoms with Crippen LogP contribution >= 0.6 is 11.6 Å². The summed E-state index contributed by atoms with van der Waals surface area (Å²) in [6.07, 6.45) is 1.24. The third-order valence-corrected chi connectivity index (χ3v) is 3.31. The van der Waals surface area contributed by atoms with Crippen LogP contribution in [0.3, 0.4) is 0 Å². The van der Waals surface area contributed by atoms with E-state index in [-0.39, 0.29) is 27.8 Å². The van der Waals surface area contributed by atoms with Crippen molar-refractivity contribution in [3.8, 4) is 11.5 Å². The number of ether oxygens (including phenoxy) is 1. The largest absolute Gasteiger partial charge is 0.449 e. The molecule has 0 atom stereocenters.